The van der Waals surface area contributed by atoms with Gasteiger partial charge >= 0.3 is 6.18 Å². The monoisotopic (exact) mass is 409 g/mol. The van der Waals surface area contributed by atoms with Crippen molar-refractivity contribution in [3.05, 3.63) is 46.1 Å². The summed E-state index contributed by atoms with van der Waals surface area (Å²) in [4.78, 5) is 30.3. The van der Waals surface area contributed by atoms with E-state index in [1.807, 2.05) is 0 Å². The zero-order chi connectivity index (χ0) is 20.8. The Balaban J connectivity index is 1.52. The van der Waals surface area contributed by atoms with Gasteiger partial charge in [-0.3, -0.25) is 19.5 Å². The van der Waals surface area contributed by atoms with E-state index < -0.39 is 12.7 Å². The van der Waals surface area contributed by atoms with Crippen molar-refractivity contribution in [1.29, 1.82) is 0 Å². The first-order valence-corrected chi connectivity index (χ1v) is 8.94. The first-order valence-electron chi connectivity index (χ1n) is 8.94. The van der Waals surface area contributed by atoms with Gasteiger partial charge in [0.25, 0.3) is 11.5 Å². The number of H-pyrrole nitrogens is 1. The average Bonchev–Trinajstić information content (AvgIpc) is 3.27. The van der Waals surface area contributed by atoms with E-state index in [1.165, 1.54) is 25.2 Å². The molecular weight excluding hydrogens is 391 g/mol. The second kappa shape index (κ2) is 7.03. The molecule has 0 saturated carbocycles. The second-order valence-electron chi connectivity index (χ2n) is 6.87. The lowest BCUT2D eigenvalue weighted by atomic mass is 10.2. The molecule has 0 radical (unpaired) electrons. The molecule has 0 spiro atoms. The van der Waals surface area contributed by atoms with E-state index in [-0.39, 0.29) is 43.6 Å². The van der Waals surface area contributed by atoms with Crippen LogP contribution in [0.3, 0.4) is 0 Å². The number of piperazine rings is 1. The van der Waals surface area contributed by atoms with Gasteiger partial charge in [-0.05, 0) is 19.1 Å². The van der Waals surface area contributed by atoms with Gasteiger partial charge < -0.3 is 4.90 Å². The standard InChI is InChI=1S/C17H18F3N7O2/c1-11-12(15(29)25-7-5-24(6-8-25)10-17(18,19)20)9-27(22-11)16-21-14(28)13-3-2-4-26(13)23-16/h2-4,9H,5-8,10H2,1H3,(H,21,23,28). The summed E-state index contributed by atoms with van der Waals surface area (Å²) >= 11 is 0. The molecule has 4 rings (SSSR count). The predicted octanol–water partition coefficient (Wildman–Crippen LogP) is 0.837. The number of aryl methyl sites for hydroxylation is 1. The number of aromatic nitrogens is 5. The zero-order valence-electron chi connectivity index (χ0n) is 15.5. The summed E-state index contributed by atoms with van der Waals surface area (Å²) in [6.45, 7) is 1.37. The van der Waals surface area contributed by atoms with E-state index in [9.17, 15) is 22.8 Å². The van der Waals surface area contributed by atoms with Crippen LogP contribution in [-0.2, 0) is 0 Å². The summed E-state index contributed by atoms with van der Waals surface area (Å²) in [5.74, 6) is -0.166. The molecule has 1 amide bonds. The van der Waals surface area contributed by atoms with E-state index in [1.54, 1.807) is 25.3 Å². The van der Waals surface area contributed by atoms with Crippen molar-refractivity contribution >= 4 is 11.4 Å². The number of hydrogen-bond acceptors (Lipinski definition) is 5. The van der Waals surface area contributed by atoms with E-state index >= 15 is 0 Å². The number of nitrogens with zero attached hydrogens (tertiary/aromatic N) is 6. The fourth-order valence-electron chi connectivity index (χ4n) is 3.35. The molecule has 3 aromatic heterocycles. The highest BCUT2D eigenvalue weighted by Crippen LogP contribution is 2.19. The number of carbonyl (C=O) groups excluding carboxylic acids is 1. The van der Waals surface area contributed by atoms with E-state index in [4.69, 9.17) is 0 Å². The molecule has 0 bridgehead atoms. The Labute approximate surface area is 162 Å². The van der Waals surface area contributed by atoms with Crippen LogP contribution in [-0.4, -0.2) is 79.0 Å². The third-order valence-corrected chi connectivity index (χ3v) is 4.80. The van der Waals surface area contributed by atoms with Crippen LogP contribution in [0.15, 0.2) is 29.3 Å². The predicted molar refractivity (Wildman–Crippen MR) is 96.1 cm³/mol. The van der Waals surface area contributed by atoms with Crippen molar-refractivity contribution in [1.82, 2.24) is 34.2 Å². The molecule has 0 aliphatic carbocycles. The molecule has 12 heteroatoms. The Morgan fingerprint density at radius 1 is 1.21 bits per heavy atom. The first kappa shape index (κ1) is 19.2. The first-order chi connectivity index (χ1) is 13.7. The lowest BCUT2D eigenvalue weighted by Crippen LogP contribution is -2.51. The highest BCUT2D eigenvalue weighted by molar-refractivity contribution is 5.95. The Morgan fingerprint density at radius 3 is 2.62 bits per heavy atom. The number of alkyl halides is 3. The van der Waals surface area contributed by atoms with Gasteiger partial charge in [0.1, 0.15) is 5.52 Å². The van der Waals surface area contributed by atoms with Crippen LogP contribution < -0.4 is 5.56 Å². The Morgan fingerprint density at radius 2 is 1.93 bits per heavy atom. The normalized spacial score (nSPS) is 15.9. The van der Waals surface area contributed by atoms with Crippen LogP contribution in [0.5, 0.6) is 0 Å². The van der Waals surface area contributed by atoms with Gasteiger partial charge in [-0.15, -0.1) is 5.10 Å². The van der Waals surface area contributed by atoms with Crippen LogP contribution in [0.25, 0.3) is 11.5 Å². The number of halogens is 3. The maximum atomic E-state index is 12.8. The lowest BCUT2D eigenvalue weighted by molar-refractivity contribution is -0.148. The third-order valence-electron chi connectivity index (χ3n) is 4.80. The van der Waals surface area contributed by atoms with Crippen molar-refractivity contribution in [2.45, 2.75) is 13.1 Å². The quantitative estimate of drug-likeness (QED) is 0.692. The van der Waals surface area contributed by atoms with Crippen LogP contribution in [0.1, 0.15) is 16.1 Å². The van der Waals surface area contributed by atoms with Gasteiger partial charge in [0.15, 0.2) is 0 Å². The minimum absolute atomic E-state index is 0.149. The average molecular weight is 409 g/mol. The summed E-state index contributed by atoms with van der Waals surface area (Å²) in [5.41, 5.74) is 0.778. The molecule has 3 aromatic rings. The van der Waals surface area contributed by atoms with Crippen molar-refractivity contribution in [2.75, 3.05) is 32.7 Å². The van der Waals surface area contributed by atoms with Crippen molar-refractivity contribution in [2.24, 2.45) is 0 Å². The largest absolute Gasteiger partial charge is 0.401 e. The summed E-state index contributed by atoms with van der Waals surface area (Å²) < 4.78 is 40.3. The zero-order valence-corrected chi connectivity index (χ0v) is 15.5. The summed E-state index contributed by atoms with van der Waals surface area (Å²) in [6, 6.07) is 3.31. The summed E-state index contributed by atoms with van der Waals surface area (Å²) in [7, 11) is 0. The molecule has 4 heterocycles. The molecule has 0 aromatic carbocycles. The molecule has 154 valence electrons. The Hall–Kier alpha value is -3.15. The SMILES string of the molecule is Cc1nn(-c2nn3cccc3c(=O)[nH]2)cc1C(=O)N1CCN(CC(F)(F)F)CC1. The van der Waals surface area contributed by atoms with Crippen LogP contribution in [0, 0.1) is 6.92 Å². The minimum Gasteiger partial charge on any atom is -0.336 e. The highest BCUT2D eigenvalue weighted by atomic mass is 19.4. The molecular formula is C17H18F3N7O2. The van der Waals surface area contributed by atoms with Crippen molar-refractivity contribution < 1.29 is 18.0 Å². The van der Waals surface area contributed by atoms with Gasteiger partial charge in [0.2, 0.25) is 5.95 Å². The highest BCUT2D eigenvalue weighted by Gasteiger charge is 2.33. The van der Waals surface area contributed by atoms with Crippen LogP contribution in [0.2, 0.25) is 0 Å². The van der Waals surface area contributed by atoms with Crippen molar-refractivity contribution in [3.63, 3.8) is 0 Å². The molecule has 1 N–H and O–H groups in total. The summed E-state index contributed by atoms with van der Waals surface area (Å²) in [6.07, 6.45) is -1.17. The smallest absolute Gasteiger partial charge is 0.336 e. The lowest BCUT2D eigenvalue weighted by Gasteiger charge is -2.34. The fraction of sp³-hybridized carbons (Fsp3) is 0.412. The molecule has 1 fully saturated rings. The van der Waals surface area contributed by atoms with E-state index in [0.29, 0.717) is 16.8 Å². The number of amides is 1. The maximum absolute atomic E-state index is 12.8. The van der Waals surface area contributed by atoms with E-state index in [2.05, 4.69) is 15.2 Å². The number of aromatic amines is 1. The van der Waals surface area contributed by atoms with Gasteiger partial charge in [-0.1, -0.05) is 0 Å². The van der Waals surface area contributed by atoms with Crippen LogP contribution >= 0.6 is 0 Å². The molecule has 1 aliphatic rings. The topological polar surface area (TPSA) is 91.5 Å². The summed E-state index contributed by atoms with van der Waals surface area (Å²) in [5, 5.41) is 8.52. The number of fused-ring (bicyclic) bond motifs is 1. The Kier molecular flexibility index (Phi) is 4.65. The van der Waals surface area contributed by atoms with Gasteiger partial charge in [0.05, 0.1) is 17.8 Å². The van der Waals surface area contributed by atoms with E-state index in [0.717, 1.165) is 0 Å². The number of carbonyl (C=O) groups is 1. The fourth-order valence-corrected chi connectivity index (χ4v) is 3.35. The molecule has 9 nitrogen and oxygen atoms in total. The van der Waals surface area contributed by atoms with Gasteiger partial charge in [0, 0.05) is 38.6 Å². The second-order valence-corrected chi connectivity index (χ2v) is 6.87. The van der Waals surface area contributed by atoms with Crippen LogP contribution in [0.4, 0.5) is 13.2 Å². The molecule has 0 atom stereocenters. The molecule has 29 heavy (non-hydrogen) atoms. The Bertz CT molecular complexity index is 1110. The maximum Gasteiger partial charge on any atom is 0.401 e. The number of nitrogens with one attached hydrogen (secondary N) is 1. The molecule has 0 unspecified atom stereocenters. The molecule has 1 saturated heterocycles. The van der Waals surface area contributed by atoms with Gasteiger partial charge in [-0.2, -0.15) is 18.3 Å². The molecule has 1 aliphatic heterocycles. The third kappa shape index (κ3) is 3.88. The van der Waals surface area contributed by atoms with Gasteiger partial charge in [-0.25, -0.2) is 9.20 Å². The number of hydrogen-bond donors (Lipinski definition) is 1. The minimum atomic E-state index is -4.26. The van der Waals surface area contributed by atoms with Crippen molar-refractivity contribution in [3.8, 4) is 5.95 Å². The number of rotatable bonds is 3.